The Kier molecular flexibility index (Phi) is 5.96. The van der Waals surface area contributed by atoms with Gasteiger partial charge in [0.2, 0.25) is 11.8 Å². The summed E-state index contributed by atoms with van der Waals surface area (Å²) in [6.07, 6.45) is 3.09. The highest BCUT2D eigenvalue weighted by atomic mass is 79.9. The molecule has 0 aliphatic carbocycles. The first-order valence-electron chi connectivity index (χ1n) is 9.08. The largest absolute Gasteiger partial charge is 0.353 e. The highest BCUT2D eigenvalue weighted by Crippen LogP contribution is 2.24. The van der Waals surface area contributed by atoms with E-state index in [4.69, 9.17) is 0 Å². The number of amides is 3. The van der Waals surface area contributed by atoms with Crippen LogP contribution >= 0.6 is 15.9 Å². The smallest absolute Gasteiger partial charge is 0.254 e. The van der Waals surface area contributed by atoms with Crippen LogP contribution in [0.1, 0.15) is 43.0 Å². The summed E-state index contributed by atoms with van der Waals surface area (Å²) < 4.78 is 0.921. The summed E-state index contributed by atoms with van der Waals surface area (Å²) in [5, 5.41) is 2.92. The number of carbonyl (C=O) groups excluding carboxylic acids is 3. The number of nitrogens with zero attached hydrogens (tertiary/aromatic N) is 2. The van der Waals surface area contributed by atoms with Crippen molar-refractivity contribution >= 4 is 33.7 Å². The zero-order valence-electron chi connectivity index (χ0n) is 14.9. The molecule has 1 atom stereocenters. The maximum Gasteiger partial charge on any atom is 0.254 e. The molecule has 1 N–H and O–H groups in total. The molecule has 0 radical (unpaired) electrons. The SMILES string of the molecule is CC(=O)NC1CCN(C(=O)C2CCCN2C(=O)c2ccc(Br)cc2)CC1. The van der Waals surface area contributed by atoms with Gasteiger partial charge in [0.05, 0.1) is 0 Å². The fourth-order valence-corrected chi connectivity index (χ4v) is 4.03. The second-order valence-corrected chi connectivity index (χ2v) is 7.88. The van der Waals surface area contributed by atoms with E-state index in [9.17, 15) is 14.4 Å². The molecule has 3 amide bonds. The molecule has 1 unspecified atom stereocenters. The van der Waals surface area contributed by atoms with Gasteiger partial charge in [-0.3, -0.25) is 14.4 Å². The van der Waals surface area contributed by atoms with Crippen LogP contribution in [0.3, 0.4) is 0 Å². The van der Waals surface area contributed by atoms with E-state index in [0.717, 1.165) is 23.7 Å². The zero-order valence-corrected chi connectivity index (χ0v) is 16.5. The third kappa shape index (κ3) is 4.26. The fraction of sp³-hybridized carbons (Fsp3) is 0.526. The summed E-state index contributed by atoms with van der Waals surface area (Å²) in [7, 11) is 0. The minimum atomic E-state index is -0.372. The molecule has 2 aliphatic heterocycles. The lowest BCUT2D eigenvalue weighted by atomic mass is 10.0. The summed E-state index contributed by atoms with van der Waals surface area (Å²) in [6.45, 7) is 3.39. The van der Waals surface area contributed by atoms with Crippen molar-refractivity contribution in [3.8, 4) is 0 Å². The van der Waals surface area contributed by atoms with Crippen LogP contribution in [0, 0.1) is 0 Å². The van der Waals surface area contributed by atoms with Gasteiger partial charge in [-0.15, -0.1) is 0 Å². The van der Waals surface area contributed by atoms with Crippen molar-refractivity contribution in [3.63, 3.8) is 0 Å². The molecule has 0 spiro atoms. The van der Waals surface area contributed by atoms with E-state index in [1.165, 1.54) is 6.92 Å². The summed E-state index contributed by atoms with van der Waals surface area (Å²) in [4.78, 5) is 40.5. The van der Waals surface area contributed by atoms with Crippen molar-refractivity contribution in [2.75, 3.05) is 19.6 Å². The maximum atomic E-state index is 13.0. The van der Waals surface area contributed by atoms with Gasteiger partial charge in [-0.25, -0.2) is 0 Å². The second kappa shape index (κ2) is 8.20. The van der Waals surface area contributed by atoms with Gasteiger partial charge in [-0.2, -0.15) is 0 Å². The number of piperidine rings is 1. The van der Waals surface area contributed by atoms with E-state index in [2.05, 4.69) is 21.2 Å². The number of hydrogen-bond acceptors (Lipinski definition) is 3. The first kappa shape index (κ1) is 18.9. The molecule has 26 heavy (non-hydrogen) atoms. The number of nitrogens with one attached hydrogen (secondary N) is 1. The molecule has 1 aromatic carbocycles. The fourth-order valence-electron chi connectivity index (χ4n) is 3.77. The van der Waals surface area contributed by atoms with Gasteiger partial charge >= 0.3 is 0 Å². The Morgan fingerprint density at radius 1 is 1.04 bits per heavy atom. The molecule has 3 rings (SSSR count). The molecule has 2 heterocycles. The third-order valence-electron chi connectivity index (χ3n) is 5.10. The quantitative estimate of drug-likeness (QED) is 0.812. The predicted octanol–water partition coefficient (Wildman–Crippen LogP) is 2.18. The lowest BCUT2D eigenvalue weighted by molar-refractivity contribution is -0.136. The molecule has 6 nitrogen and oxygen atoms in total. The lowest BCUT2D eigenvalue weighted by Gasteiger charge is -2.35. The standard InChI is InChI=1S/C19H24BrN3O3/c1-13(24)21-16-8-11-22(12-9-16)19(26)17-3-2-10-23(17)18(25)14-4-6-15(20)7-5-14/h4-7,16-17H,2-3,8-12H2,1H3,(H,21,24). The monoisotopic (exact) mass is 421 g/mol. The number of likely N-dealkylation sites (tertiary alicyclic amines) is 2. The lowest BCUT2D eigenvalue weighted by Crippen LogP contribution is -2.52. The average Bonchev–Trinajstić information content (AvgIpc) is 3.11. The van der Waals surface area contributed by atoms with E-state index < -0.39 is 0 Å². The highest BCUT2D eigenvalue weighted by Gasteiger charge is 2.37. The van der Waals surface area contributed by atoms with Crippen LogP contribution in [0.5, 0.6) is 0 Å². The number of halogens is 1. The molecule has 0 saturated carbocycles. The van der Waals surface area contributed by atoms with Crippen molar-refractivity contribution in [2.45, 2.75) is 44.7 Å². The topological polar surface area (TPSA) is 69.7 Å². The van der Waals surface area contributed by atoms with E-state index in [-0.39, 0.29) is 29.8 Å². The molecule has 0 aromatic heterocycles. The molecular weight excluding hydrogens is 398 g/mol. The summed E-state index contributed by atoms with van der Waals surface area (Å²) in [5.41, 5.74) is 0.609. The van der Waals surface area contributed by atoms with Crippen LogP contribution in [0.4, 0.5) is 0 Å². The van der Waals surface area contributed by atoms with Crippen LogP contribution in [0.15, 0.2) is 28.7 Å². The second-order valence-electron chi connectivity index (χ2n) is 6.96. The van der Waals surface area contributed by atoms with Crippen LogP contribution in [0.25, 0.3) is 0 Å². The minimum Gasteiger partial charge on any atom is -0.353 e. The molecule has 7 heteroatoms. The van der Waals surface area contributed by atoms with Gasteiger partial charge in [-0.05, 0) is 49.9 Å². The van der Waals surface area contributed by atoms with Crippen molar-refractivity contribution in [1.29, 1.82) is 0 Å². The normalized spacial score (nSPS) is 20.9. The Morgan fingerprint density at radius 2 is 1.69 bits per heavy atom. The number of rotatable bonds is 3. The van der Waals surface area contributed by atoms with Crippen LogP contribution < -0.4 is 5.32 Å². The van der Waals surface area contributed by atoms with Crippen LogP contribution in [-0.4, -0.2) is 59.2 Å². The molecular formula is C19H24BrN3O3. The van der Waals surface area contributed by atoms with E-state index in [0.29, 0.717) is 31.6 Å². The summed E-state index contributed by atoms with van der Waals surface area (Å²) in [6, 6.07) is 7.01. The van der Waals surface area contributed by atoms with Crippen molar-refractivity contribution in [2.24, 2.45) is 0 Å². The Balaban J connectivity index is 1.62. The molecule has 1 aromatic rings. The molecule has 140 valence electrons. The first-order valence-corrected chi connectivity index (χ1v) is 9.87. The Bertz CT molecular complexity index is 684. The number of benzene rings is 1. The predicted molar refractivity (Wildman–Crippen MR) is 102 cm³/mol. The third-order valence-corrected chi connectivity index (χ3v) is 5.63. The minimum absolute atomic E-state index is 0.0307. The average molecular weight is 422 g/mol. The highest BCUT2D eigenvalue weighted by molar-refractivity contribution is 9.10. The van der Waals surface area contributed by atoms with Gasteiger partial charge in [0.25, 0.3) is 5.91 Å². The van der Waals surface area contributed by atoms with E-state index >= 15 is 0 Å². The van der Waals surface area contributed by atoms with Gasteiger partial charge in [0.15, 0.2) is 0 Å². The van der Waals surface area contributed by atoms with Gasteiger partial charge < -0.3 is 15.1 Å². The van der Waals surface area contributed by atoms with E-state index in [1.54, 1.807) is 17.0 Å². The van der Waals surface area contributed by atoms with Gasteiger partial charge in [0, 0.05) is 42.6 Å². The first-order chi connectivity index (χ1) is 12.5. The molecule has 2 saturated heterocycles. The van der Waals surface area contributed by atoms with Crippen molar-refractivity contribution < 1.29 is 14.4 Å². The van der Waals surface area contributed by atoms with Crippen molar-refractivity contribution in [1.82, 2.24) is 15.1 Å². The van der Waals surface area contributed by atoms with Gasteiger partial charge in [-0.1, -0.05) is 15.9 Å². The van der Waals surface area contributed by atoms with E-state index in [1.807, 2.05) is 17.0 Å². The summed E-state index contributed by atoms with van der Waals surface area (Å²) in [5.74, 6) is -0.0763. The number of carbonyl (C=O) groups is 3. The Labute approximate surface area is 162 Å². The van der Waals surface area contributed by atoms with Crippen molar-refractivity contribution in [3.05, 3.63) is 34.3 Å². The van der Waals surface area contributed by atoms with Gasteiger partial charge in [0.1, 0.15) is 6.04 Å². The van der Waals surface area contributed by atoms with Crippen LogP contribution in [0.2, 0.25) is 0 Å². The molecule has 0 bridgehead atoms. The Hall–Kier alpha value is -1.89. The molecule has 2 aliphatic rings. The Morgan fingerprint density at radius 3 is 2.31 bits per heavy atom. The number of hydrogen-bond donors (Lipinski definition) is 1. The zero-order chi connectivity index (χ0) is 18.7. The maximum absolute atomic E-state index is 13.0. The summed E-state index contributed by atoms with van der Waals surface area (Å²) >= 11 is 3.37. The van der Waals surface area contributed by atoms with Crippen LogP contribution in [-0.2, 0) is 9.59 Å². The molecule has 2 fully saturated rings.